The molecule has 6 nitrogen and oxygen atoms in total. The van der Waals surface area contributed by atoms with Crippen LogP contribution in [0.3, 0.4) is 0 Å². The predicted octanol–water partition coefficient (Wildman–Crippen LogP) is 1.32. The van der Waals surface area contributed by atoms with Crippen molar-refractivity contribution in [3.63, 3.8) is 0 Å². The van der Waals surface area contributed by atoms with Gasteiger partial charge in [0.05, 0.1) is 19.9 Å². The van der Waals surface area contributed by atoms with Gasteiger partial charge in [-0.2, -0.15) is 4.31 Å². The third-order valence-corrected chi connectivity index (χ3v) is 5.41. The van der Waals surface area contributed by atoms with Crippen molar-refractivity contribution in [1.82, 2.24) is 4.31 Å². The molecule has 0 saturated carbocycles. The summed E-state index contributed by atoms with van der Waals surface area (Å²) in [5.41, 5.74) is 6.09. The molecule has 0 bridgehead atoms. The molecule has 1 unspecified atom stereocenters. The Hall–Kier alpha value is -1.47. The lowest BCUT2D eigenvalue weighted by atomic mass is 10.2. The molecule has 0 spiro atoms. The molecule has 2 rings (SSSR count). The number of hydrogen-bond donors (Lipinski definition) is 1. The van der Waals surface area contributed by atoms with Gasteiger partial charge in [0.15, 0.2) is 0 Å². The van der Waals surface area contributed by atoms with Crippen LogP contribution in [0.15, 0.2) is 17.0 Å². The molecule has 1 atom stereocenters. The highest BCUT2D eigenvalue weighted by Gasteiger charge is 2.33. The number of methoxy groups -OCH3 is 2. The van der Waals surface area contributed by atoms with Gasteiger partial charge in [-0.05, 0) is 18.4 Å². The maximum Gasteiger partial charge on any atom is 0.246 e. The maximum absolute atomic E-state index is 12.7. The van der Waals surface area contributed by atoms with E-state index in [0.717, 1.165) is 6.42 Å². The van der Waals surface area contributed by atoms with Crippen molar-refractivity contribution in [2.75, 3.05) is 33.0 Å². The van der Waals surface area contributed by atoms with Crippen molar-refractivity contribution in [3.05, 3.63) is 12.1 Å². The van der Waals surface area contributed by atoms with Crippen LogP contribution in [-0.4, -0.2) is 40.0 Å². The topological polar surface area (TPSA) is 81.9 Å². The highest BCUT2D eigenvalue weighted by atomic mass is 32.2. The predicted molar refractivity (Wildman–Crippen MR) is 76.5 cm³/mol. The molecule has 20 heavy (non-hydrogen) atoms. The third kappa shape index (κ3) is 2.55. The average molecular weight is 300 g/mol. The summed E-state index contributed by atoms with van der Waals surface area (Å²) >= 11 is 0. The van der Waals surface area contributed by atoms with Crippen LogP contribution in [0.2, 0.25) is 0 Å². The summed E-state index contributed by atoms with van der Waals surface area (Å²) in [7, 11) is -0.688. The summed E-state index contributed by atoms with van der Waals surface area (Å²) in [5, 5.41) is 0. The highest BCUT2D eigenvalue weighted by molar-refractivity contribution is 7.89. The smallest absolute Gasteiger partial charge is 0.246 e. The van der Waals surface area contributed by atoms with Crippen LogP contribution in [0, 0.1) is 5.92 Å². The minimum absolute atomic E-state index is 0.0902. The van der Waals surface area contributed by atoms with E-state index in [1.165, 1.54) is 30.7 Å². The van der Waals surface area contributed by atoms with Gasteiger partial charge in [0.1, 0.15) is 16.4 Å². The van der Waals surface area contributed by atoms with Gasteiger partial charge in [-0.3, -0.25) is 0 Å². The molecule has 0 amide bonds. The van der Waals surface area contributed by atoms with Crippen LogP contribution in [-0.2, 0) is 10.0 Å². The Morgan fingerprint density at radius 3 is 2.40 bits per heavy atom. The van der Waals surface area contributed by atoms with Gasteiger partial charge < -0.3 is 15.2 Å². The lowest BCUT2D eigenvalue weighted by Gasteiger charge is -2.19. The zero-order valence-electron chi connectivity index (χ0n) is 11.9. The molecule has 1 fully saturated rings. The van der Waals surface area contributed by atoms with E-state index in [2.05, 4.69) is 0 Å². The molecule has 7 heteroatoms. The fourth-order valence-electron chi connectivity index (χ4n) is 2.35. The molecular weight excluding hydrogens is 280 g/mol. The van der Waals surface area contributed by atoms with Crippen molar-refractivity contribution in [2.24, 2.45) is 5.92 Å². The Kier molecular flexibility index (Phi) is 4.10. The number of nitrogen functional groups attached to an aromatic ring is 1. The monoisotopic (exact) mass is 300 g/mol. The standard InChI is InChI=1S/C13H20N2O4S/c1-9-4-5-15(8-9)20(16,17)13-6-10(14)11(18-2)7-12(13)19-3/h6-7,9H,4-5,8,14H2,1-3H3. The molecule has 0 aromatic heterocycles. The summed E-state index contributed by atoms with van der Waals surface area (Å²) < 4.78 is 37.1. The molecule has 1 saturated heterocycles. The normalized spacial score (nSPS) is 20.1. The lowest BCUT2D eigenvalue weighted by Crippen LogP contribution is -2.29. The van der Waals surface area contributed by atoms with Gasteiger partial charge in [-0.15, -0.1) is 0 Å². The maximum atomic E-state index is 12.7. The number of hydrogen-bond acceptors (Lipinski definition) is 5. The van der Waals surface area contributed by atoms with Crippen molar-refractivity contribution in [1.29, 1.82) is 0 Å². The number of anilines is 1. The molecule has 1 aliphatic rings. The Labute approximate surface area is 119 Å². The second-order valence-corrected chi connectivity index (χ2v) is 6.91. The molecule has 1 aliphatic heterocycles. The number of rotatable bonds is 4. The zero-order valence-corrected chi connectivity index (χ0v) is 12.7. The first-order valence-electron chi connectivity index (χ1n) is 6.41. The van der Waals surface area contributed by atoms with E-state index in [4.69, 9.17) is 15.2 Å². The molecule has 2 N–H and O–H groups in total. The minimum atomic E-state index is -3.59. The van der Waals surface area contributed by atoms with Gasteiger partial charge in [0.2, 0.25) is 10.0 Å². The zero-order chi connectivity index (χ0) is 14.9. The van der Waals surface area contributed by atoms with Crippen LogP contribution in [0.4, 0.5) is 5.69 Å². The number of ether oxygens (including phenoxy) is 2. The van der Waals surface area contributed by atoms with Crippen molar-refractivity contribution < 1.29 is 17.9 Å². The summed E-state index contributed by atoms with van der Waals surface area (Å²) in [4.78, 5) is 0.0902. The third-order valence-electron chi connectivity index (χ3n) is 3.52. The van der Waals surface area contributed by atoms with Gasteiger partial charge in [-0.1, -0.05) is 6.92 Å². The highest BCUT2D eigenvalue weighted by Crippen LogP contribution is 2.36. The molecule has 112 valence electrons. The van der Waals surface area contributed by atoms with Gasteiger partial charge in [0, 0.05) is 19.2 Å². The Balaban J connectivity index is 2.48. The molecule has 1 aromatic carbocycles. The van der Waals surface area contributed by atoms with E-state index >= 15 is 0 Å². The summed E-state index contributed by atoms with van der Waals surface area (Å²) in [6.45, 7) is 3.09. The van der Waals surface area contributed by atoms with E-state index in [9.17, 15) is 8.42 Å². The first kappa shape index (κ1) is 14.9. The van der Waals surface area contributed by atoms with Crippen LogP contribution in [0.25, 0.3) is 0 Å². The van der Waals surface area contributed by atoms with Gasteiger partial charge in [0.25, 0.3) is 0 Å². The Bertz CT molecular complexity index is 601. The first-order chi connectivity index (χ1) is 9.40. The summed E-state index contributed by atoms with van der Waals surface area (Å²) in [6, 6.07) is 2.90. The van der Waals surface area contributed by atoms with Crippen LogP contribution >= 0.6 is 0 Å². The van der Waals surface area contributed by atoms with E-state index in [1.54, 1.807) is 0 Å². The minimum Gasteiger partial charge on any atom is -0.495 e. The van der Waals surface area contributed by atoms with E-state index in [0.29, 0.717) is 24.8 Å². The van der Waals surface area contributed by atoms with Crippen LogP contribution < -0.4 is 15.2 Å². The Morgan fingerprint density at radius 2 is 1.90 bits per heavy atom. The van der Waals surface area contributed by atoms with Crippen molar-refractivity contribution >= 4 is 15.7 Å². The molecule has 1 aromatic rings. The lowest BCUT2D eigenvalue weighted by molar-refractivity contribution is 0.384. The SMILES string of the molecule is COc1cc(OC)c(S(=O)(=O)N2CCC(C)C2)cc1N. The van der Waals surface area contributed by atoms with Crippen molar-refractivity contribution in [2.45, 2.75) is 18.2 Å². The number of sulfonamides is 1. The largest absolute Gasteiger partial charge is 0.495 e. The fraction of sp³-hybridized carbons (Fsp3) is 0.538. The van der Waals surface area contributed by atoms with E-state index in [1.807, 2.05) is 6.92 Å². The number of nitrogens with two attached hydrogens (primary N) is 1. The van der Waals surface area contributed by atoms with E-state index in [-0.39, 0.29) is 16.3 Å². The Morgan fingerprint density at radius 1 is 1.25 bits per heavy atom. The number of benzene rings is 1. The van der Waals surface area contributed by atoms with Gasteiger partial charge >= 0.3 is 0 Å². The van der Waals surface area contributed by atoms with E-state index < -0.39 is 10.0 Å². The molecular formula is C13H20N2O4S. The van der Waals surface area contributed by atoms with Crippen LogP contribution in [0.5, 0.6) is 11.5 Å². The molecule has 0 aliphatic carbocycles. The van der Waals surface area contributed by atoms with Crippen LogP contribution in [0.1, 0.15) is 13.3 Å². The summed E-state index contributed by atoms with van der Waals surface area (Å²) in [6.07, 6.45) is 0.868. The van der Waals surface area contributed by atoms with Crippen molar-refractivity contribution in [3.8, 4) is 11.5 Å². The summed E-state index contributed by atoms with van der Waals surface area (Å²) in [5.74, 6) is 1.01. The number of nitrogens with zero attached hydrogens (tertiary/aromatic N) is 1. The van der Waals surface area contributed by atoms with Gasteiger partial charge in [-0.25, -0.2) is 8.42 Å². The molecule has 1 heterocycles. The fourth-order valence-corrected chi connectivity index (χ4v) is 4.09. The average Bonchev–Trinajstić information content (AvgIpc) is 2.85. The quantitative estimate of drug-likeness (QED) is 0.848. The first-order valence-corrected chi connectivity index (χ1v) is 7.85. The molecule has 0 radical (unpaired) electrons. The second kappa shape index (κ2) is 5.49. The second-order valence-electron chi connectivity index (χ2n) is 5.00.